The van der Waals surface area contributed by atoms with Crippen molar-refractivity contribution in [1.82, 2.24) is 4.31 Å². The second kappa shape index (κ2) is 5.94. The molecule has 1 aromatic carbocycles. The van der Waals surface area contributed by atoms with Crippen LogP contribution < -0.4 is 4.72 Å². The molecule has 1 saturated heterocycles. The summed E-state index contributed by atoms with van der Waals surface area (Å²) in [6.07, 6.45) is 2.93. The van der Waals surface area contributed by atoms with E-state index in [1.54, 1.807) is 12.1 Å². The maximum atomic E-state index is 12.1. The topological polar surface area (TPSA) is 49.4 Å². The van der Waals surface area contributed by atoms with Gasteiger partial charge in [-0.05, 0) is 53.6 Å². The lowest BCUT2D eigenvalue weighted by Gasteiger charge is -2.26. The fraction of sp³-hybridized carbons (Fsp3) is 0.455. The van der Waals surface area contributed by atoms with E-state index in [1.165, 1.54) is 4.31 Å². The molecule has 1 aromatic rings. The Morgan fingerprint density at radius 3 is 2.50 bits per heavy atom. The lowest BCUT2D eigenvalue weighted by atomic mass is 10.2. The van der Waals surface area contributed by atoms with E-state index in [0.29, 0.717) is 23.8 Å². The van der Waals surface area contributed by atoms with Crippen LogP contribution >= 0.6 is 34.2 Å². The third-order valence-corrected chi connectivity index (χ3v) is 5.33. The Labute approximate surface area is 126 Å². The molecule has 1 N–H and O–H groups in total. The van der Waals surface area contributed by atoms with Crippen molar-refractivity contribution in [3.63, 3.8) is 0 Å². The lowest BCUT2D eigenvalue weighted by molar-refractivity contribution is 0.349. The predicted molar refractivity (Wildman–Crippen MR) is 82.1 cm³/mol. The molecule has 0 amide bonds. The Bertz CT molecular complexity index is 530. The largest absolute Gasteiger partial charge is 0.301 e. The summed E-state index contributed by atoms with van der Waals surface area (Å²) >= 11 is 8.15. The third-order valence-electron chi connectivity index (χ3n) is 2.83. The molecule has 1 fully saturated rings. The van der Waals surface area contributed by atoms with Crippen molar-refractivity contribution in [2.75, 3.05) is 17.8 Å². The van der Waals surface area contributed by atoms with E-state index in [4.69, 9.17) is 11.6 Å². The molecule has 1 heterocycles. The fourth-order valence-electron chi connectivity index (χ4n) is 1.88. The number of rotatable bonds is 3. The minimum atomic E-state index is -3.48. The highest BCUT2D eigenvalue weighted by Gasteiger charge is 2.24. The van der Waals surface area contributed by atoms with Gasteiger partial charge in [0.2, 0.25) is 0 Å². The molecular formula is C11H14ClIN2O2S. The molecule has 0 saturated carbocycles. The molecule has 1 aliphatic heterocycles. The van der Waals surface area contributed by atoms with E-state index in [2.05, 4.69) is 27.3 Å². The predicted octanol–water partition coefficient (Wildman–Crippen LogP) is 3.09. The SMILES string of the molecule is O=S(=O)(Nc1ccc(I)cc1Cl)N1CCCCC1. The van der Waals surface area contributed by atoms with E-state index in [1.807, 2.05) is 6.07 Å². The number of nitrogens with zero attached hydrogens (tertiary/aromatic N) is 1. The zero-order valence-corrected chi connectivity index (χ0v) is 13.4. The van der Waals surface area contributed by atoms with Gasteiger partial charge in [0.25, 0.3) is 0 Å². The van der Waals surface area contributed by atoms with Crippen LogP contribution in [0.15, 0.2) is 18.2 Å². The van der Waals surface area contributed by atoms with Crippen LogP contribution in [-0.4, -0.2) is 25.8 Å². The van der Waals surface area contributed by atoms with Gasteiger partial charge in [-0.1, -0.05) is 18.0 Å². The van der Waals surface area contributed by atoms with Crippen LogP contribution in [0.25, 0.3) is 0 Å². The van der Waals surface area contributed by atoms with Gasteiger partial charge in [0.1, 0.15) is 0 Å². The summed E-state index contributed by atoms with van der Waals surface area (Å²) in [5, 5.41) is 0.419. The molecule has 0 atom stereocenters. The number of halogens is 2. The quantitative estimate of drug-likeness (QED) is 0.793. The van der Waals surface area contributed by atoms with Gasteiger partial charge in [0.15, 0.2) is 0 Å². The number of benzene rings is 1. The van der Waals surface area contributed by atoms with E-state index < -0.39 is 10.2 Å². The smallest absolute Gasteiger partial charge is 0.269 e. The summed E-state index contributed by atoms with van der Waals surface area (Å²) in [6, 6.07) is 5.24. The van der Waals surface area contributed by atoms with E-state index in [-0.39, 0.29) is 0 Å². The first-order valence-electron chi connectivity index (χ1n) is 5.72. The first-order chi connectivity index (χ1) is 8.49. The lowest BCUT2D eigenvalue weighted by Crippen LogP contribution is -2.39. The van der Waals surface area contributed by atoms with Gasteiger partial charge in [-0.15, -0.1) is 0 Å². The molecule has 0 radical (unpaired) electrons. The highest BCUT2D eigenvalue weighted by molar-refractivity contribution is 14.1. The van der Waals surface area contributed by atoms with Gasteiger partial charge in [0.05, 0.1) is 10.7 Å². The highest BCUT2D eigenvalue weighted by Crippen LogP contribution is 2.26. The van der Waals surface area contributed by atoms with Gasteiger partial charge in [0, 0.05) is 16.7 Å². The fourth-order valence-corrected chi connectivity index (χ4v) is 4.16. The summed E-state index contributed by atoms with van der Waals surface area (Å²) < 4.78 is 29.3. The maximum Gasteiger partial charge on any atom is 0.301 e. The number of nitrogens with one attached hydrogen (secondary N) is 1. The van der Waals surface area contributed by atoms with Gasteiger partial charge >= 0.3 is 10.2 Å². The van der Waals surface area contributed by atoms with Crippen LogP contribution in [-0.2, 0) is 10.2 Å². The van der Waals surface area contributed by atoms with Crippen LogP contribution in [0.3, 0.4) is 0 Å². The van der Waals surface area contributed by atoms with Crippen molar-refractivity contribution in [2.24, 2.45) is 0 Å². The van der Waals surface area contributed by atoms with Gasteiger partial charge in [-0.2, -0.15) is 12.7 Å². The van der Waals surface area contributed by atoms with Crippen LogP contribution in [0.2, 0.25) is 5.02 Å². The van der Waals surface area contributed by atoms with Crippen molar-refractivity contribution in [3.8, 4) is 0 Å². The van der Waals surface area contributed by atoms with Crippen molar-refractivity contribution >= 4 is 50.1 Å². The summed E-state index contributed by atoms with van der Waals surface area (Å²) in [6.45, 7) is 1.16. The first-order valence-corrected chi connectivity index (χ1v) is 8.62. The van der Waals surface area contributed by atoms with Gasteiger partial charge in [-0.25, -0.2) is 0 Å². The van der Waals surface area contributed by atoms with Crippen LogP contribution in [0.5, 0.6) is 0 Å². The molecule has 1 aliphatic rings. The second-order valence-corrected chi connectivity index (χ2v) is 7.51. The molecule has 7 heteroatoms. The van der Waals surface area contributed by atoms with E-state index in [0.717, 1.165) is 22.8 Å². The van der Waals surface area contributed by atoms with Crippen molar-refractivity contribution < 1.29 is 8.42 Å². The molecule has 0 aliphatic carbocycles. The van der Waals surface area contributed by atoms with Gasteiger partial charge < -0.3 is 0 Å². The molecular weight excluding hydrogens is 387 g/mol. The molecule has 0 unspecified atom stereocenters. The summed E-state index contributed by atoms with van der Waals surface area (Å²) in [7, 11) is -3.48. The first kappa shape index (κ1) is 14.4. The van der Waals surface area contributed by atoms with Crippen molar-refractivity contribution in [1.29, 1.82) is 0 Å². The Hall–Kier alpha value is -0.0500. The molecule has 0 spiro atoms. The van der Waals surface area contributed by atoms with Gasteiger partial charge in [-0.3, -0.25) is 4.72 Å². The maximum absolute atomic E-state index is 12.1. The van der Waals surface area contributed by atoms with E-state index >= 15 is 0 Å². The van der Waals surface area contributed by atoms with Crippen LogP contribution in [0.1, 0.15) is 19.3 Å². The van der Waals surface area contributed by atoms with Crippen LogP contribution in [0, 0.1) is 3.57 Å². The Morgan fingerprint density at radius 2 is 1.89 bits per heavy atom. The molecule has 2 rings (SSSR count). The average molecular weight is 401 g/mol. The zero-order valence-electron chi connectivity index (χ0n) is 9.70. The molecule has 0 aromatic heterocycles. The average Bonchev–Trinajstić information content (AvgIpc) is 2.34. The Balaban J connectivity index is 2.16. The highest BCUT2D eigenvalue weighted by atomic mass is 127. The Morgan fingerprint density at radius 1 is 1.22 bits per heavy atom. The minimum absolute atomic E-state index is 0.419. The normalized spacial score (nSPS) is 17.7. The molecule has 18 heavy (non-hydrogen) atoms. The molecule has 4 nitrogen and oxygen atoms in total. The number of hydrogen-bond acceptors (Lipinski definition) is 2. The summed E-state index contributed by atoms with van der Waals surface area (Å²) in [5.41, 5.74) is 0.433. The summed E-state index contributed by atoms with van der Waals surface area (Å²) in [4.78, 5) is 0. The summed E-state index contributed by atoms with van der Waals surface area (Å²) in [5.74, 6) is 0. The molecule has 100 valence electrons. The Kier molecular flexibility index (Phi) is 4.74. The monoisotopic (exact) mass is 400 g/mol. The number of anilines is 1. The number of piperidine rings is 1. The molecule has 0 bridgehead atoms. The standard InChI is InChI=1S/C11H14ClIN2O2S/c12-10-8-9(13)4-5-11(10)14-18(16,17)15-6-2-1-3-7-15/h4-5,8,14H,1-3,6-7H2. The zero-order chi connectivity index (χ0) is 13.2. The number of hydrogen-bond donors (Lipinski definition) is 1. The van der Waals surface area contributed by atoms with Crippen LogP contribution in [0.4, 0.5) is 5.69 Å². The van der Waals surface area contributed by atoms with Crippen molar-refractivity contribution in [2.45, 2.75) is 19.3 Å². The third kappa shape index (κ3) is 3.49. The van der Waals surface area contributed by atoms with Crippen molar-refractivity contribution in [3.05, 3.63) is 26.8 Å². The minimum Gasteiger partial charge on any atom is -0.269 e. The van der Waals surface area contributed by atoms with E-state index in [9.17, 15) is 8.42 Å². The second-order valence-electron chi connectivity index (χ2n) is 4.19.